The summed E-state index contributed by atoms with van der Waals surface area (Å²) in [7, 11) is 0. The van der Waals surface area contributed by atoms with E-state index in [2.05, 4.69) is 10.3 Å². The molecule has 7 nitrogen and oxygen atoms in total. The van der Waals surface area contributed by atoms with E-state index in [4.69, 9.17) is 19.4 Å². The SMILES string of the molecule is O[C@H]1CC[C@H](c2cnc(OC3CCOCC3)c3cnc(NC4CCCC4)nc32)CC1. The number of rotatable bonds is 5. The number of aromatic nitrogens is 3. The van der Waals surface area contributed by atoms with Gasteiger partial charge in [-0.1, -0.05) is 12.8 Å². The highest BCUT2D eigenvalue weighted by atomic mass is 16.5. The molecule has 3 aliphatic rings. The van der Waals surface area contributed by atoms with Gasteiger partial charge in [0, 0.05) is 36.8 Å². The third-order valence-electron chi connectivity index (χ3n) is 6.89. The Kier molecular flexibility index (Phi) is 6.00. The highest BCUT2D eigenvalue weighted by Gasteiger charge is 2.26. The molecule has 2 aromatic rings. The lowest BCUT2D eigenvalue weighted by atomic mass is 9.83. The number of nitrogens with zero attached hydrogens (tertiary/aromatic N) is 3. The van der Waals surface area contributed by atoms with E-state index in [1.807, 2.05) is 12.4 Å². The minimum Gasteiger partial charge on any atom is -0.474 e. The number of fused-ring (bicyclic) bond motifs is 1. The molecule has 2 saturated carbocycles. The van der Waals surface area contributed by atoms with E-state index in [-0.39, 0.29) is 12.2 Å². The average Bonchev–Trinajstić information content (AvgIpc) is 3.28. The first kappa shape index (κ1) is 19.9. The summed E-state index contributed by atoms with van der Waals surface area (Å²) in [5.41, 5.74) is 2.11. The van der Waals surface area contributed by atoms with Crippen molar-refractivity contribution in [1.82, 2.24) is 15.0 Å². The van der Waals surface area contributed by atoms with Gasteiger partial charge in [0.1, 0.15) is 6.10 Å². The topological polar surface area (TPSA) is 89.4 Å². The van der Waals surface area contributed by atoms with Crippen molar-refractivity contribution in [3.8, 4) is 5.88 Å². The van der Waals surface area contributed by atoms with Crippen LogP contribution in [-0.2, 0) is 4.74 Å². The fraction of sp³-hybridized carbons (Fsp3) is 0.696. The minimum atomic E-state index is -0.175. The zero-order valence-corrected chi connectivity index (χ0v) is 17.6. The van der Waals surface area contributed by atoms with Crippen LogP contribution in [0, 0.1) is 0 Å². The van der Waals surface area contributed by atoms with Gasteiger partial charge in [-0.05, 0) is 44.4 Å². The van der Waals surface area contributed by atoms with Gasteiger partial charge in [-0.2, -0.15) is 0 Å². The van der Waals surface area contributed by atoms with Crippen LogP contribution in [0.3, 0.4) is 0 Å². The lowest BCUT2D eigenvalue weighted by molar-refractivity contribution is 0.0244. The molecule has 7 heteroatoms. The summed E-state index contributed by atoms with van der Waals surface area (Å²) in [6, 6.07) is 0.468. The van der Waals surface area contributed by atoms with E-state index in [9.17, 15) is 5.11 Å². The highest BCUT2D eigenvalue weighted by Crippen LogP contribution is 2.38. The molecule has 0 bridgehead atoms. The molecular weight excluding hydrogens is 380 g/mol. The fourth-order valence-corrected chi connectivity index (χ4v) is 5.07. The number of ether oxygens (including phenoxy) is 2. The summed E-state index contributed by atoms with van der Waals surface area (Å²) in [4.78, 5) is 14.3. The summed E-state index contributed by atoms with van der Waals surface area (Å²) >= 11 is 0. The third-order valence-corrected chi connectivity index (χ3v) is 6.89. The van der Waals surface area contributed by atoms with Crippen LogP contribution in [0.1, 0.15) is 75.7 Å². The molecule has 3 fully saturated rings. The Morgan fingerprint density at radius 1 is 0.933 bits per heavy atom. The first-order valence-electron chi connectivity index (χ1n) is 11.6. The Morgan fingerprint density at radius 3 is 2.47 bits per heavy atom. The molecule has 3 heterocycles. The molecule has 1 aliphatic heterocycles. The number of aliphatic hydroxyl groups excluding tert-OH is 1. The van der Waals surface area contributed by atoms with Crippen molar-refractivity contribution in [2.24, 2.45) is 0 Å². The summed E-state index contributed by atoms with van der Waals surface area (Å²) in [6.07, 6.45) is 14.1. The van der Waals surface area contributed by atoms with Crippen LogP contribution in [0.5, 0.6) is 5.88 Å². The van der Waals surface area contributed by atoms with Crippen molar-refractivity contribution < 1.29 is 14.6 Å². The molecule has 0 spiro atoms. The van der Waals surface area contributed by atoms with Gasteiger partial charge in [0.05, 0.1) is 30.2 Å². The van der Waals surface area contributed by atoms with Crippen molar-refractivity contribution in [2.75, 3.05) is 18.5 Å². The van der Waals surface area contributed by atoms with E-state index in [0.29, 0.717) is 23.8 Å². The monoisotopic (exact) mass is 412 g/mol. The van der Waals surface area contributed by atoms with Crippen LogP contribution >= 0.6 is 0 Å². The number of nitrogens with one attached hydrogen (secondary N) is 1. The second kappa shape index (κ2) is 9.02. The molecule has 1 saturated heterocycles. The van der Waals surface area contributed by atoms with Gasteiger partial charge in [-0.15, -0.1) is 0 Å². The number of aliphatic hydroxyl groups is 1. The molecule has 2 N–H and O–H groups in total. The van der Waals surface area contributed by atoms with Crippen molar-refractivity contribution in [1.29, 1.82) is 0 Å². The standard InChI is InChI=1S/C23H32N4O3/c28-17-7-5-15(6-8-17)19-13-24-22(30-18-9-11-29-12-10-18)20-14-25-23(27-21(19)20)26-16-3-1-2-4-16/h13-18,28H,1-12H2,(H,25,26,27)/t15-,17-. The van der Waals surface area contributed by atoms with Gasteiger partial charge in [-0.3, -0.25) is 0 Å². The maximum absolute atomic E-state index is 9.94. The zero-order chi connectivity index (χ0) is 20.3. The molecule has 5 rings (SSSR count). The number of pyridine rings is 1. The summed E-state index contributed by atoms with van der Waals surface area (Å²) < 4.78 is 11.7. The van der Waals surface area contributed by atoms with Crippen LogP contribution in [0.25, 0.3) is 10.9 Å². The Labute approximate surface area is 177 Å². The lowest BCUT2D eigenvalue weighted by Gasteiger charge is -2.27. The van der Waals surface area contributed by atoms with E-state index in [0.717, 1.165) is 68.2 Å². The third kappa shape index (κ3) is 4.37. The summed E-state index contributed by atoms with van der Waals surface area (Å²) in [5, 5.41) is 14.4. The van der Waals surface area contributed by atoms with Gasteiger partial charge in [-0.25, -0.2) is 15.0 Å². The molecule has 0 unspecified atom stereocenters. The zero-order valence-electron chi connectivity index (χ0n) is 17.6. The number of hydrogen-bond acceptors (Lipinski definition) is 7. The normalized spacial score (nSPS) is 26.2. The van der Waals surface area contributed by atoms with E-state index >= 15 is 0 Å². The number of hydrogen-bond donors (Lipinski definition) is 2. The van der Waals surface area contributed by atoms with Gasteiger partial charge in [0.2, 0.25) is 11.8 Å². The van der Waals surface area contributed by atoms with Gasteiger partial charge < -0.3 is 19.9 Å². The molecule has 0 radical (unpaired) electrons. The smallest absolute Gasteiger partial charge is 0.224 e. The van der Waals surface area contributed by atoms with E-state index in [1.54, 1.807) is 0 Å². The van der Waals surface area contributed by atoms with Gasteiger partial charge in [0.15, 0.2) is 0 Å². The molecule has 2 aliphatic carbocycles. The molecular formula is C23H32N4O3. The maximum atomic E-state index is 9.94. The quantitative estimate of drug-likeness (QED) is 0.768. The Hall–Kier alpha value is -1.99. The average molecular weight is 413 g/mol. The fourth-order valence-electron chi connectivity index (χ4n) is 5.07. The molecule has 30 heavy (non-hydrogen) atoms. The Bertz CT molecular complexity index is 857. The highest BCUT2D eigenvalue weighted by molar-refractivity contribution is 5.86. The van der Waals surface area contributed by atoms with E-state index in [1.165, 1.54) is 25.7 Å². The second-order valence-corrected chi connectivity index (χ2v) is 9.04. The van der Waals surface area contributed by atoms with Gasteiger partial charge in [0.25, 0.3) is 0 Å². The summed E-state index contributed by atoms with van der Waals surface area (Å²) in [5.74, 6) is 1.70. The molecule has 0 aromatic carbocycles. The van der Waals surface area contributed by atoms with Crippen molar-refractivity contribution >= 4 is 16.9 Å². The Balaban J connectivity index is 1.47. The predicted octanol–water partition coefficient (Wildman–Crippen LogP) is 3.96. The van der Waals surface area contributed by atoms with Gasteiger partial charge >= 0.3 is 0 Å². The molecule has 2 aromatic heterocycles. The number of anilines is 1. The molecule has 162 valence electrons. The van der Waals surface area contributed by atoms with Crippen LogP contribution in [0.4, 0.5) is 5.95 Å². The largest absolute Gasteiger partial charge is 0.474 e. The summed E-state index contributed by atoms with van der Waals surface area (Å²) in [6.45, 7) is 1.47. The van der Waals surface area contributed by atoms with Crippen LogP contribution < -0.4 is 10.1 Å². The van der Waals surface area contributed by atoms with Crippen molar-refractivity contribution in [2.45, 2.75) is 88.4 Å². The van der Waals surface area contributed by atoms with Crippen LogP contribution in [0.2, 0.25) is 0 Å². The second-order valence-electron chi connectivity index (χ2n) is 9.04. The van der Waals surface area contributed by atoms with Crippen molar-refractivity contribution in [3.05, 3.63) is 18.0 Å². The lowest BCUT2D eigenvalue weighted by Crippen LogP contribution is -2.26. The first-order valence-corrected chi connectivity index (χ1v) is 11.6. The minimum absolute atomic E-state index is 0.126. The van der Waals surface area contributed by atoms with Crippen LogP contribution in [0.15, 0.2) is 12.4 Å². The molecule has 0 amide bonds. The predicted molar refractivity (Wildman–Crippen MR) is 115 cm³/mol. The van der Waals surface area contributed by atoms with Crippen molar-refractivity contribution in [3.63, 3.8) is 0 Å². The Morgan fingerprint density at radius 2 is 1.70 bits per heavy atom. The first-order chi connectivity index (χ1) is 14.8. The van der Waals surface area contributed by atoms with Crippen LogP contribution in [-0.4, -0.2) is 51.5 Å². The maximum Gasteiger partial charge on any atom is 0.224 e. The molecule has 0 atom stereocenters. The van der Waals surface area contributed by atoms with E-state index < -0.39 is 0 Å².